The lowest BCUT2D eigenvalue weighted by Gasteiger charge is -2.17. The van der Waals surface area contributed by atoms with Gasteiger partial charge in [0.15, 0.2) is 0 Å². The Morgan fingerprint density at radius 3 is 2.48 bits per heavy atom. The quantitative estimate of drug-likeness (QED) is 0.862. The fraction of sp³-hybridized carbons (Fsp3) is 0.235. The van der Waals surface area contributed by atoms with E-state index < -0.39 is 0 Å². The van der Waals surface area contributed by atoms with Crippen LogP contribution < -0.4 is 10.6 Å². The number of amides is 1. The molecular weight excluding hydrogens is 284 g/mol. The molecule has 1 amide bonds. The number of anilines is 2. The second kappa shape index (κ2) is 7.14. The predicted molar refractivity (Wildman–Crippen MR) is 89.0 cm³/mol. The highest BCUT2D eigenvalue weighted by Crippen LogP contribution is 2.17. The van der Waals surface area contributed by atoms with Crippen LogP contribution in [0.5, 0.6) is 0 Å². The summed E-state index contributed by atoms with van der Waals surface area (Å²) in [7, 11) is 0. The molecule has 0 aliphatic heterocycles. The largest absolute Gasteiger partial charge is 0.374 e. The van der Waals surface area contributed by atoms with Crippen LogP contribution in [0.2, 0.25) is 5.02 Å². The Balaban J connectivity index is 2.01. The zero-order valence-corrected chi connectivity index (χ0v) is 12.9. The molecule has 0 unspecified atom stereocenters. The average Bonchev–Trinajstić information content (AvgIpc) is 2.50. The molecule has 2 rings (SSSR count). The fourth-order valence-corrected chi connectivity index (χ4v) is 2.18. The highest BCUT2D eigenvalue weighted by Gasteiger charge is 2.13. The number of para-hydroxylation sites is 1. The van der Waals surface area contributed by atoms with Gasteiger partial charge < -0.3 is 10.6 Å². The number of rotatable bonds is 5. The molecule has 2 aromatic rings. The molecule has 0 saturated carbocycles. The third-order valence-corrected chi connectivity index (χ3v) is 3.53. The minimum atomic E-state index is -0.326. The van der Waals surface area contributed by atoms with Crippen molar-refractivity contribution < 1.29 is 4.79 Å². The lowest BCUT2D eigenvalue weighted by Crippen LogP contribution is -2.32. The maximum atomic E-state index is 12.2. The molecule has 0 radical (unpaired) electrons. The van der Waals surface area contributed by atoms with Crippen molar-refractivity contribution in [3.8, 4) is 0 Å². The topological polar surface area (TPSA) is 41.1 Å². The summed E-state index contributed by atoms with van der Waals surface area (Å²) in [4.78, 5) is 12.2. The molecule has 1 atom stereocenters. The van der Waals surface area contributed by atoms with Crippen LogP contribution in [0.3, 0.4) is 0 Å². The maximum Gasteiger partial charge on any atom is 0.246 e. The molecular formula is C17H19ClN2O. The summed E-state index contributed by atoms with van der Waals surface area (Å²) in [5.41, 5.74) is 2.93. The molecule has 3 nitrogen and oxygen atoms in total. The predicted octanol–water partition coefficient (Wildman–Crippen LogP) is 4.34. The number of aryl methyl sites for hydroxylation is 1. The standard InChI is InChI=1S/C17H19ClN2O/c1-3-13-6-4-5-7-16(13)19-12(2)17(21)20-15-10-8-14(18)9-11-15/h4-12,19H,3H2,1-2H3,(H,20,21)/t12-/m0/s1. The minimum absolute atomic E-state index is 0.0803. The van der Waals surface area contributed by atoms with E-state index in [2.05, 4.69) is 23.6 Å². The second-order valence-corrected chi connectivity index (χ2v) is 5.31. The molecule has 0 aliphatic rings. The van der Waals surface area contributed by atoms with Gasteiger partial charge in [0.25, 0.3) is 0 Å². The molecule has 0 saturated heterocycles. The van der Waals surface area contributed by atoms with Crippen LogP contribution in [-0.2, 0) is 11.2 Å². The first-order valence-corrected chi connectivity index (χ1v) is 7.39. The van der Waals surface area contributed by atoms with Crippen molar-refractivity contribution in [2.45, 2.75) is 26.3 Å². The number of nitrogens with one attached hydrogen (secondary N) is 2. The van der Waals surface area contributed by atoms with Crippen LogP contribution >= 0.6 is 11.6 Å². The van der Waals surface area contributed by atoms with Crippen molar-refractivity contribution in [2.75, 3.05) is 10.6 Å². The van der Waals surface area contributed by atoms with Gasteiger partial charge in [0.1, 0.15) is 6.04 Å². The van der Waals surface area contributed by atoms with Gasteiger partial charge in [-0.1, -0.05) is 36.7 Å². The van der Waals surface area contributed by atoms with E-state index in [0.29, 0.717) is 5.02 Å². The van der Waals surface area contributed by atoms with E-state index in [1.165, 1.54) is 5.56 Å². The van der Waals surface area contributed by atoms with Crippen LogP contribution in [0.15, 0.2) is 48.5 Å². The highest BCUT2D eigenvalue weighted by atomic mass is 35.5. The summed E-state index contributed by atoms with van der Waals surface area (Å²) in [6, 6.07) is 14.8. The monoisotopic (exact) mass is 302 g/mol. The number of benzene rings is 2. The third-order valence-electron chi connectivity index (χ3n) is 3.28. The van der Waals surface area contributed by atoms with Crippen molar-refractivity contribution >= 4 is 28.9 Å². The smallest absolute Gasteiger partial charge is 0.246 e. The fourth-order valence-electron chi connectivity index (χ4n) is 2.05. The van der Waals surface area contributed by atoms with Crippen LogP contribution in [0, 0.1) is 0 Å². The van der Waals surface area contributed by atoms with Gasteiger partial charge in [-0.25, -0.2) is 0 Å². The molecule has 0 bridgehead atoms. The molecule has 21 heavy (non-hydrogen) atoms. The summed E-state index contributed by atoms with van der Waals surface area (Å²) in [5.74, 6) is -0.0803. The van der Waals surface area contributed by atoms with E-state index in [1.807, 2.05) is 25.1 Å². The first kappa shape index (κ1) is 15.4. The zero-order chi connectivity index (χ0) is 15.2. The van der Waals surface area contributed by atoms with Gasteiger partial charge in [-0.05, 0) is 49.2 Å². The van der Waals surface area contributed by atoms with Crippen molar-refractivity contribution in [3.63, 3.8) is 0 Å². The summed E-state index contributed by atoms with van der Waals surface area (Å²) >= 11 is 5.83. The summed E-state index contributed by atoms with van der Waals surface area (Å²) in [6.07, 6.45) is 0.925. The average molecular weight is 303 g/mol. The van der Waals surface area contributed by atoms with E-state index in [0.717, 1.165) is 17.8 Å². The maximum absolute atomic E-state index is 12.2. The zero-order valence-electron chi connectivity index (χ0n) is 12.2. The molecule has 4 heteroatoms. The lowest BCUT2D eigenvalue weighted by atomic mass is 10.1. The molecule has 0 fully saturated rings. The van der Waals surface area contributed by atoms with Gasteiger partial charge in [-0.15, -0.1) is 0 Å². The van der Waals surface area contributed by atoms with Gasteiger partial charge in [0.05, 0.1) is 0 Å². The molecule has 0 aromatic heterocycles. The first-order chi connectivity index (χ1) is 10.1. The lowest BCUT2D eigenvalue weighted by molar-refractivity contribution is -0.116. The number of hydrogen-bond donors (Lipinski definition) is 2. The third kappa shape index (κ3) is 4.23. The van der Waals surface area contributed by atoms with E-state index in [1.54, 1.807) is 24.3 Å². The Morgan fingerprint density at radius 2 is 1.81 bits per heavy atom. The Kier molecular flexibility index (Phi) is 5.23. The molecule has 2 aromatic carbocycles. The minimum Gasteiger partial charge on any atom is -0.374 e. The van der Waals surface area contributed by atoms with Gasteiger partial charge in [-0.3, -0.25) is 4.79 Å². The van der Waals surface area contributed by atoms with Gasteiger partial charge in [0.2, 0.25) is 5.91 Å². The van der Waals surface area contributed by atoms with Crippen LogP contribution in [0.4, 0.5) is 11.4 Å². The molecule has 110 valence electrons. The molecule has 0 aliphatic carbocycles. The number of carbonyl (C=O) groups is 1. The Morgan fingerprint density at radius 1 is 1.14 bits per heavy atom. The van der Waals surface area contributed by atoms with Crippen LogP contribution in [0.25, 0.3) is 0 Å². The van der Waals surface area contributed by atoms with Crippen molar-refractivity contribution in [2.24, 2.45) is 0 Å². The number of halogens is 1. The normalized spacial score (nSPS) is 11.8. The number of carbonyl (C=O) groups excluding carboxylic acids is 1. The van der Waals surface area contributed by atoms with Gasteiger partial charge in [0, 0.05) is 16.4 Å². The highest BCUT2D eigenvalue weighted by molar-refractivity contribution is 6.30. The molecule has 0 spiro atoms. The Labute approximate surface area is 130 Å². The summed E-state index contributed by atoms with van der Waals surface area (Å²) < 4.78 is 0. The molecule has 0 heterocycles. The Hall–Kier alpha value is -2.00. The summed E-state index contributed by atoms with van der Waals surface area (Å²) in [6.45, 7) is 3.94. The summed E-state index contributed by atoms with van der Waals surface area (Å²) in [5, 5.41) is 6.77. The van der Waals surface area contributed by atoms with Gasteiger partial charge in [-0.2, -0.15) is 0 Å². The molecule has 2 N–H and O–H groups in total. The van der Waals surface area contributed by atoms with Gasteiger partial charge >= 0.3 is 0 Å². The van der Waals surface area contributed by atoms with E-state index in [-0.39, 0.29) is 11.9 Å². The van der Waals surface area contributed by atoms with E-state index >= 15 is 0 Å². The number of hydrogen-bond acceptors (Lipinski definition) is 2. The first-order valence-electron chi connectivity index (χ1n) is 7.01. The van der Waals surface area contributed by atoms with Crippen LogP contribution in [-0.4, -0.2) is 11.9 Å². The van der Waals surface area contributed by atoms with Crippen molar-refractivity contribution in [1.82, 2.24) is 0 Å². The SMILES string of the molecule is CCc1ccccc1N[C@@H](C)C(=O)Nc1ccc(Cl)cc1. The second-order valence-electron chi connectivity index (χ2n) is 4.87. The van der Waals surface area contributed by atoms with E-state index in [9.17, 15) is 4.79 Å². The van der Waals surface area contributed by atoms with Crippen molar-refractivity contribution in [3.05, 3.63) is 59.1 Å². The van der Waals surface area contributed by atoms with Crippen molar-refractivity contribution in [1.29, 1.82) is 0 Å². The van der Waals surface area contributed by atoms with E-state index in [4.69, 9.17) is 11.6 Å². The Bertz CT molecular complexity index is 610. The van der Waals surface area contributed by atoms with Crippen LogP contribution in [0.1, 0.15) is 19.4 Å².